The van der Waals surface area contributed by atoms with Crippen LogP contribution in [-0.4, -0.2) is 40.5 Å². The fraction of sp³-hybridized carbons (Fsp3) is 0.152. The summed E-state index contributed by atoms with van der Waals surface area (Å²) in [6.07, 6.45) is -1.31. The van der Waals surface area contributed by atoms with Crippen LogP contribution in [0.1, 0.15) is 51.9 Å². The van der Waals surface area contributed by atoms with E-state index in [2.05, 4.69) is 20.6 Å². The molecule has 5 rings (SSSR count). The predicted molar refractivity (Wildman–Crippen MR) is 169 cm³/mol. The number of nitrogens with one attached hydrogen (secondary N) is 2. The van der Waals surface area contributed by atoms with Crippen molar-refractivity contribution < 1.29 is 35.7 Å². The summed E-state index contributed by atoms with van der Waals surface area (Å²) in [7, 11) is -3.66. The molecular formula is C33H29F3N4O5S. The van der Waals surface area contributed by atoms with Gasteiger partial charge in [-0.2, -0.15) is 21.6 Å². The molecular weight excluding hydrogens is 621 g/mol. The van der Waals surface area contributed by atoms with Crippen molar-refractivity contribution in [2.75, 3.05) is 11.1 Å². The number of carbonyl (C=O) groups excluding carboxylic acids is 2. The monoisotopic (exact) mass is 650 g/mol. The van der Waals surface area contributed by atoms with Crippen molar-refractivity contribution in [1.29, 1.82) is 0 Å². The van der Waals surface area contributed by atoms with Crippen molar-refractivity contribution in [3.63, 3.8) is 0 Å². The van der Waals surface area contributed by atoms with Crippen molar-refractivity contribution in [3.8, 4) is 11.1 Å². The summed E-state index contributed by atoms with van der Waals surface area (Å²) in [6, 6.07) is 23.4. The second-order valence-corrected chi connectivity index (χ2v) is 11.8. The van der Waals surface area contributed by atoms with Crippen molar-refractivity contribution >= 4 is 38.5 Å². The molecule has 0 saturated heterocycles. The molecule has 2 heterocycles. The zero-order valence-corrected chi connectivity index (χ0v) is 25.4. The minimum absolute atomic E-state index is 0.201. The van der Waals surface area contributed by atoms with E-state index in [0.29, 0.717) is 38.8 Å². The minimum atomic E-state index is -4.44. The number of carbonyl (C=O) groups is 2. The first kappa shape index (κ1) is 33.7. The van der Waals surface area contributed by atoms with Gasteiger partial charge in [-0.25, -0.2) is 0 Å². The topological polar surface area (TPSA) is 138 Å². The van der Waals surface area contributed by atoms with Crippen molar-refractivity contribution in [1.82, 2.24) is 15.3 Å². The molecule has 0 unspecified atom stereocenters. The summed E-state index contributed by atoms with van der Waals surface area (Å²) in [5.41, 5.74) is 2.72. The Hall–Kier alpha value is -5.14. The highest BCUT2D eigenvalue weighted by Crippen LogP contribution is 2.32. The second kappa shape index (κ2) is 14.3. The number of halogens is 3. The molecule has 5 aromatic rings. The van der Waals surface area contributed by atoms with Crippen LogP contribution < -0.4 is 10.6 Å². The lowest BCUT2D eigenvalue weighted by atomic mass is 9.98. The molecule has 0 spiro atoms. The Morgan fingerprint density at radius 3 is 2.20 bits per heavy atom. The Kier molecular flexibility index (Phi) is 10.5. The number of fused-ring (bicyclic) bond motifs is 1. The Morgan fingerprint density at radius 2 is 1.57 bits per heavy atom. The van der Waals surface area contributed by atoms with Crippen molar-refractivity contribution in [3.05, 3.63) is 126 Å². The van der Waals surface area contributed by atoms with Crippen LogP contribution in [0.25, 0.3) is 22.0 Å². The molecule has 0 radical (unpaired) electrons. The van der Waals surface area contributed by atoms with E-state index in [4.69, 9.17) is 4.55 Å². The first-order valence-corrected chi connectivity index (χ1v) is 15.5. The third-order valence-corrected chi connectivity index (χ3v) is 7.47. The summed E-state index contributed by atoms with van der Waals surface area (Å²) in [5.74, 6) is -0.910. The standard InChI is InChI=1S/C31H23F3N4O2.C2H6O3S/c1-19(27-8-4-5-15-35-27)37-29(39)22-16-21-11-14-24(17-28(21)36-18-22)38-30(40)26-7-3-2-6-25(26)20-9-12-23(13-10-20)31(32,33)34;1-2-6(3,4)5/h2-19H,1H3,(H,37,39)(H,38,40);2H2,1H3,(H,3,4,5)/t19-;/m1./s1. The minimum Gasteiger partial charge on any atom is -0.344 e. The number of benzene rings is 3. The number of nitrogens with zero attached hydrogens (tertiary/aromatic N) is 2. The first-order chi connectivity index (χ1) is 21.7. The fourth-order valence-electron chi connectivity index (χ4n) is 4.28. The van der Waals surface area contributed by atoms with Gasteiger partial charge in [-0.3, -0.25) is 24.1 Å². The lowest BCUT2D eigenvalue weighted by Gasteiger charge is -2.14. The van der Waals surface area contributed by atoms with Gasteiger partial charge < -0.3 is 10.6 Å². The quantitative estimate of drug-likeness (QED) is 0.162. The average molecular weight is 651 g/mol. The smallest absolute Gasteiger partial charge is 0.344 e. The molecule has 238 valence electrons. The third-order valence-electron chi connectivity index (χ3n) is 6.74. The molecule has 0 saturated carbocycles. The van der Waals surface area contributed by atoms with Gasteiger partial charge in [0, 0.05) is 29.0 Å². The Morgan fingerprint density at radius 1 is 0.891 bits per heavy atom. The van der Waals surface area contributed by atoms with E-state index < -0.39 is 27.8 Å². The van der Waals surface area contributed by atoms with Crippen LogP contribution >= 0.6 is 0 Å². The van der Waals surface area contributed by atoms with Gasteiger partial charge in [-0.1, -0.05) is 42.5 Å². The number of hydrogen-bond donors (Lipinski definition) is 3. The average Bonchev–Trinajstić information content (AvgIpc) is 3.04. The van der Waals surface area contributed by atoms with Crippen LogP contribution in [0.5, 0.6) is 0 Å². The van der Waals surface area contributed by atoms with Gasteiger partial charge in [0.05, 0.1) is 34.1 Å². The van der Waals surface area contributed by atoms with Crippen molar-refractivity contribution in [2.24, 2.45) is 0 Å². The molecule has 2 aromatic heterocycles. The fourth-order valence-corrected chi connectivity index (χ4v) is 4.28. The molecule has 0 fully saturated rings. The van der Waals surface area contributed by atoms with E-state index in [1.54, 1.807) is 60.8 Å². The second-order valence-electron chi connectivity index (χ2n) is 10.0. The summed E-state index contributed by atoms with van der Waals surface area (Å²) >= 11 is 0. The van der Waals surface area contributed by atoms with Gasteiger partial charge in [-0.05, 0) is 73.5 Å². The van der Waals surface area contributed by atoms with Crippen LogP contribution in [0.2, 0.25) is 0 Å². The van der Waals surface area contributed by atoms with Crippen LogP contribution in [0.15, 0.2) is 103 Å². The van der Waals surface area contributed by atoms with Gasteiger partial charge in [0.2, 0.25) is 0 Å². The number of pyridine rings is 2. The van der Waals surface area contributed by atoms with Crippen molar-refractivity contribution in [2.45, 2.75) is 26.1 Å². The number of hydrogen-bond acceptors (Lipinski definition) is 6. The first-order valence-electron chi connectivity index (χ1n) is 13.9. The SMILES string of the molecule is CCS(=O)(=O)O.C[C@@H](NC(=O)c1cnc2cc(NC(=O)c3ccccc3-c3ccc(C(F)(F)F)cc3)ccc2c1)c1ccccn1. The zero-order chi connectivity index (χ0) is 33.5. The largest absolute Gasteiger partial charge is 0.416 e. The molecule has 0 aliphatic heterocycles. The molecule has 0 aliphatic rings. The number of aromatic nitrogens is 2. The number of alkyl halides is 3. The zero-order valence-electron chi connectivity index (χ0n) is 24.6. The maximum atomic E-state index is 13.2. The Bertz CT molecular complexity index is 1950. The summed E-state index contributed by atoms with van der Waals surface area (Å²) < 4.78 is 65.8. The van der Waals surface area contributed by atoms with E-state index in [9.17, 15) is 31.2 Å². The summed E-state index contributed by atoms with van der Waals surface area (Å²) in [4.78, 5) is 34.6. The molecule has 0 bridgehead atoms. The van der Waals surface area contributed by atoms with Gasteiger partial charge in [0.15, 0.2) is 0 Å². The van der Waals surface area contributed by atoms with Gasteiger partial charge in [0.25, 0.3) is 21.9 Å². The van der Waals surface area contributed by atoms with E-state index in [0.717, 1.165) is 17.8 Å². The van der Waals surface area contributed by atoms with E-state index in [-0.39, 0.29) is 17.7 Å². The summed E-state index contributed by atoms with van der Waals surface area (Å²) in [6.45, 7) is 3.22. The maximum Gasteiger partial charge on any atom is 0.416 e. The molecule has 3 aromatic carbocycles. The van der Waals surface area contributed by atoms with Gasteiger partial charge >= 0.3 is 6.18 Å². The van der Waals surface area contributed by atoms with E-state index in [1.807, 2.05) is 19.1 Å². The molecule has 13 heteroatoms. The molecule has 1 atom stereocenters. The predicted octanol–water partition coefficient (Wildman–Crippen LogP) is 6.95. The maximum absolute atomic E-state index is 13.2. The lowest BCUT2D eigenvalue weighted by Crippen LogP contribution is -2.27. The van der Waals surface area contributed by atoms with Crippen LogP contribution in [0, 0.1) is 0 Å². The Balaban J connectivity index is 0.000000731. The number of amides is 2. The highest BCUT2D eigenvalue weighted by molar-refractivity contribution is 7.85. The van der Waals surface area contributed by atoms with Gasteiger partial charge in [-0.15, -0.1) is 0 Å². The molecule has 3 N–H and O–H groups in total. The summed E-state index contributed by atoms with van der Waals surface area (Å²) in [5, 5.41) is 6.45. The Labute approximate surface area is 263 Å². The van der Waals surface area contributed by atoms with Crippen LogP contribution in [0.3, 0.4) is 0 Å². The number of rotatable bonds is 7. The molecule has 46 heavy (non-hydrogen) atoms. The lowest BCUT2D eigenvalue weighted by molar-refractivity contribution is -0.137. The highest BCUT2D eigenvalue weighted by Gasteiger charge is 2.30. The van der Waals surface area contributed by atoms with Crippen LogP contribution in [0.4, 0.5) is 18.9 Å². The van der Waals surface area contributed by atoms with E-state index in [1.165, 1.54) is 25.3 Å². The molecule has 9 nitrogen and oxygen atoms in total. The van der Waals surface area contributed by atoms with Crippen LogP contribution in [-0.2, 0) is 16.3 Å². The molecule has 0 aliphatic carbocycles. The normalized spacial score (nSPS) is 12.0. The number of anilines is 1. The highest BCUT2D eigenvalue weighted by atomic mass is 32.2. The van der Waals surface area contributed by atoms with Gasteiger partial charge in [0.1, 0.15) is 0 Å². The van der Waals surface area contributed by atoms with E-state index >= 15 is 0 Å². The molecule has 2 amide bonds. The third kappa shape index (κ3) is 8.96.